The Morgan fingerprint density at radius 2 is 2.23 bits per heavy atom. The number of carbonyl (C=O) groups is 1. The van der Waals surface area contributed by atoms with E-state index in [1.165, 1.54) is 0 Å². The van der Waals surface area contributed by atoms with Crippen LogP contribution >= 0.6 is 24.0 Å². The summed E-state index contributed by atoms with van der Waals surface area (Å²) in [6.07, 6.45) is 6.14. The van der Waals surface area contributed by atoms with Gasteiger partial charge in [0.25, 0.3) is 0 Å². The number of hydrogen-bond acceptors (Lipinski definition) is 5. The van der Waals surface area contributed by atoms with Crippen LogP contribution in [0.15, 0.2) is 27.8 Å². The zero-order valence-corrected chi connectivity index (χ0v) is 20.1. The third-order valence-electron chi connectivity index (χ3n) is 4.97. The van der Waals surface area contributed by atoms with Crippen LogP contribution in [0.2, 0.25) is 0 Å². The molecule has 4 N–H and O–H groups in total. The predicted molar refractivity (Wildman–Crippen MR) is 127 cm³/mol. The minimum atomic E-state index is 0. The number of aromatic amines is 1. The van der Waals surface area contributed by atoms with Gasteiger partial charge in [0, 0.05) is 38.0 Å². The van der Waals surface area contributed by atoms with Gasteiger partial charge < -0.3 is 20.4 Å². The van der Waals surface area contributed by atoms with Crippen LogP contribution in [0.3, 0.4) is 0 Å². The van der Waals surface area contributed by atoms with Crippen LogP contribution in [0.1, 0.15) is 45.4 Å². The van der Waals surface area contributed by atoms with E-state index in [0.717, 1.165) is 37.5 Å². The van der Waals surface area contributed by atoms with Gasteiger partial charge in [-0.05, 0) is 45.2 Å². The van der Waals surface area contributed by atoms with Crippen molar-refractivity contribution in [2.45, 2.75) is 58.0 Å². The molecule has 0 spiro atoms. The van der Waals surface area contributed by atoms with Gasteiger partial charge >= 0.3 is 0 Å². The summed E-state index contributed by atoms with van der Waals surface area (Å²) in [5.41, 5.74) is 0. The van der Waals surface area contributed by atoms with E-state index in [4.69, 9.17) is 4.42 Å². The van der Waals surface area contributed by atoms with Crippen molar-refractivity contribution in [3.05, 3.63) is 24.2 Å². The van der Waals surface area contributed by atoms with E-state index >= 15 is 0 Å². The molecular weight excluding hydrogens is 497 g/mol. The number of carbonyl (C=O) groups excluding carboxylic acids is 1. The van der Waals surface area contributed by atoms with Gasteiger partial charge in [-0.3, -0.25) is 14.9 Å². The van der Waals surface area contributed by atoms with Gasteiger partial charge in [-0.25, -0.2) is 4.98 Å². The quantitative estimate of drug-likeness (QED) is 0.249. The third kappa shape index (κ3) is 6.99. The molecule has 9 nitrogen and oxygen atoms in total. The van der Waals surface area contributed by atoms with Gasteiger partial charge in [0.05, 0.1) is 6.26 Å². The van der Waals surface area contributed by atoms with Gasteiger partial charge in [0.15, 0.2) is 11.7 Å². The van der Waals surface area contributed by atoms with Crippen molar-refractivity contribution in [3.8, 4) is 11.6 Å². The third-order valence-corrected chi connectivity index (χ3v) is 4.97. The monoisotopic (exact) mass is 529 g/mol. The van der Waals surface area contributed by atoms with E-state index in [9.17, 15) is 4.79 Å². The summed E-state index contributed by atoms with van der Waals surface area (Å²) in [6.45, 7) is 4.65. The molecule has 3 rings (SSSR count). The molecule has 0 radical (unpaired) electrons. The van der Waals surface area contributed by atoms with Crippen LogP contribution in [0.25, 0.3) is 11.6 Å². The van der Waals surface area contributed by atoms with Crippen LogP contribution < -0.4 is 16.0 Å². The Hall–Kier alpha value is -2.11. The topological polar surface area (TPSA) is 120 Å². The van der Waals surface area contributed by atoms with Crippen LogP contribution in [-0.4, -0.2) is 52.7 Å². The average Bonchev–Trinajstić information content (AvgIpc) is 3.38. The van der Waals surface area contributed by atoms with Gasteiger partial charge in [0.1, 0.15) is 5.82 Å². The van der Waals surface area contributed by atoms with Crippen molar-refractivity contribution in [1.82, 2.24) is 31.1 Å². The number of aromatic nitrogens is 3. The first-order valence-electron chi connectivity index (χ1n) is 10.3. The molecule has 1 aliphatic carbocycles. The van der Waals surface area contributed by atoms with E-state index in [1.807, 2.05) is 26.0 Å². The first-order chi connectivity index (χ1) is 14.0. The number of aliphatic imine (C=N–C) groups is 1. The highest BCUT2D eigenvalue weighted by molar-refractivity contribution is 14.0. The normalized spacial score (nSPS) is 19.3. The Morgan fingerprint density at radius 1 is 1.40 bits per heavy atom. The summed E-state index contributed by atoms with van der Waals surface area (Å²) in [4.78, 5) is 21.1. The second-order valence-electron chi connectivity index (χ2n) is 7.70. The van der Waals surface area contributed by atoms with Crippen molar-refractivity contribution in [1.29, 1.82) is 0 Å². The maximum atomic E-state index is 12.3. The summed E-state index contributed by atoms with van der Waals surface area (Å²) >= 11 is 0. The van der Waals surface area contributed by atoms with Crippen LogP contribution in [0.4, 0.5) is 0 Å². The zero-order valence-electron chi connectivity index (χ0n) is 17.8. The molecule has 1 amide bonds. The molecular formula is C20H32IN7O2. The lowest BCUT2D eigenvalue weighted by Gasteiger charge is -2.30. The summed E-state index contributed by atoms with van der Waals surface area (Å²) in [5.74, 6) is 2.95. The fourth-order valence-electron chi connectivity index (χ4n) is 3.57. The number of halogens is 1. The number of rotatable bonds is 7. The summed E-state index contributed by atoms with van der Waals surface area (Å²) < 4.78 is 5.31. The Balaban J connectivity index is 0.00000320. The minimum Gasteiger partial charge on any atom is -0.461 e. The van der Waals surface area contributed by atoms with Crippen LogP contribution in [-0.2, 0) is 11.2 Å². The fourth-order valence-corrected chi connectivity index (χ4v) is 3.57. The number of nitrogens with one attached hydrogen (secondary N) is 4. The molecule has 0 saturated heterocycles. The van der Waals surface area contributed by atoms with Gasteiger partial charge in [0.2, 0.25) is 11.7 Å². The summed E-state index contributed by atoms with van der Waals surface area (Å²) in [7, 11) is 1.75. The SMILES string of the molecule is CN=C(NCCc1nc(-c2ccco2)n[nH]1)NC1CCCC(C(=O)NC(C)C)C1.I. The maximum Gasteiger partial charge on any atom is 0.223 e. The number of amides is 1. The molecule has 1 fully saturated rings. The van der Waals surface area contributed by atoms with Crippen molar-refractivity contribution < 1.29 is 9.21 Å². The molecule has 0 aliphatic heterocycles. The highest BCUT2D eigenvalue weighted by Crippen LogP contribution is 2.24. The van der Waals surface area contributed by atoms with E-state index < -0.39 is 0 Å². The molecule has 0 bridgehead atoms. The second kappa shape index (κ2) is 11.9. The van der Waals surface area contributed by atoms with Crippen LogP contribution in [0, 0.1) is 5.92 Å². The van der Waals surface area contributed by atoms with Crippen LogP contribution in [0.5, 0.6) is 0 Å². The lowest BCUT2D eigenvalue weighted by molar-refractivity contribution is -0.126. The minimum absolute atomic E-state index is 0. The van der Waals surface area contributed by atoms with E-state index in [-0.39, 0.29) is 47.9 Å². The Labute approximate surface area is 194 Å². The summed E-state index contributed by atoms with van der Waals surface area (Å²) in [6, 6.07) is 4.06. The first-order valence-corrected chi connectivity index (χ1v) is 10.3. The number of furan rings is 1. The molecule has 30 heavy (non-hydrogen) atoms. The van der Waals surface area contributed by atoms with Crippen molar-refractivity contribution in [2.24, 2.45) is 10.9 Å². The molecule has 2 unspecified atom stereocenters. The largest absolute Gasteiger partial charge is 0.461 e. The van der Waals surface area contributed by atoms with E-state index in [2.05, 4.69) is 36.1 Å². The number of nitrogens with zero attached hydrogens (tertiary/aromatic N) is 3. The predicted octanol–water partition coefficient (Wildman–Crippen LogP) is 2.47. The Morgan fingerprint density at radius 3 is 2.93 bits per heavy atom. The molecule has 2 heterocycles. The molecule has 0 aromatic carbocycles. The smallest absolute Gasteiger partial charge is 0.223 e. The standard InChI is InChI=1S/C20H31N7O2.HI/c1-13(2)23-19(28)14-6-4-7-15(12-14)24-20(21-3)22-10-9-17-25-18(27-26-17)16-8-5-11-29-16;/h5,8,11,13-15H,4,6-7,9-10,12H2,1-3H3,(H,23,28)(H2,21,22,24)(H,25,26,27);1H. The van der Waals surface area contributed by atoms with Gasteiger partial charge in [-0.2, -0.15) is 5.10 Å². The average molecular weight is 529 g/mol. The summed E-state index contributed by atoms with van der Waals surface area (Å²) in [5, 5.41) is 16.9. The fraction of sp³-hybridized carbons (Fsp3) is 0.600. The molecule has 1 saturated carbocycles. The number of H-pyrrole nitrogens is 1. The molecule has 1 aliphatic rings. The molecule has 166 valence electrons. The molecule has 2 atom stereocenters. The number of hydrogen-bond donors (Lipinski definition) is 4. The zero-order chi connectivity index (χ0) is 20.6. The highest BCUT2D eigenvalue weighted by Gasteiger charge is 2.28. The molecule has 2 aromatic heterocycles. The Kier molecular flexibility index (Phi) is 9.60. The van der Waals surface area contributed by atoms with Crippen molar-refractivity contribution in [3.63, 3.8) is 0 Å². The second-order valence-corrected chi connectivity index (χ2v) is 7.70. The lowest BCUT2D eigenvalue weighted by Crippen LogP contribution is -2.47. The van der Waals surface area contributed by atoms with Gasteiger partial charge in [-0.15, -0.1) is 24.0 Å². The molecule has 10 heteroatoms. The first kappa shape index (κ1) is 24.2. The highest BCUT2D eigenvalue weighted by atomic mass is 127. The molecule has 2 aromatic rings. The van der Waals surface area contributed by atoms with E-state index in [1.54, 1.807) is 13.3 Å². The van der Waals surface area contributed by atoms with Crippen molar-refractivity contribution >= 4 is 35.8 Å². The number of guanidine groups is 1. The van der Waals surface area contributed by atoms with E-state index in [0.29, 0.717) is 24.6 Å². The Bertz CT molecular complexity index is 804. The lowest BCUT2D eigenvalue weighted by atomic mass is 9.85. The van der Waals surface area contributed by atoms with Crippen molar-refractivity contribution in [2.75, 3.05) is 13.6 Å². The van der Waals surface area contributed by atoms with Gasteiger partial charge in [-0.1, -0.05) is 6.42 Å². The maximum absolute atomic E-state index is 12.3.